The number of halogens is 1. The molecule has 0 radical (unpaired) electrons. The summed E-state index contributed by atoms with van der Waals surface area (Å²) in [6.07, 6.45) is 5.47. The van der Waals surface area contributed by atoms with Crippen molar-refractivity contribution in [3.63, 3.8) is 0 Å². The highest BCUT2D eigenvalue weighted by Crippen LogP contribution is 2.24. The van der Waals surface area contributed by atoms with Crippen LogP contribution in [0.3, 0.4) is 0 Å². The van der Waals surface area contributed by atoms with E-state index in [1.165, 1.54) is 0 Å². The molecule has 0 aliphatic rings. The van der Waals surface area contributed by atoms with E-state index in [9.17, 15) is 0 Å². The van der Waals surface area contributed by atoms with Crippen LogP contribution in [0.25, 0.3) is 17.0 Å². The minimum Gasteiger partial charge on any atom is -0.323 e. The molecule has 0 saturated carbocycles. The lowest BCUT2D eigenvalue weighted by atomic mass is 10.3. The minimum absolute atomic E-state index is 0.487. The van der Waals surface area contributed by atoms with Crippen molar-refractivity contribution in [3.05, 3.63) is 72.1 Å². The van der Waals surface area contributed by atoms with E-state index in [-0.39, 0.29) is 0 Å². The molecule has 0 amide bonds. The Morgan fingerprint density at radius 2 is 1.83 bits per heavy atom. The summed E-state index contributed by atoms with van der Waals surface area (Å²) < 4.78 is 1.99. The van der Waals surface area contributed by atoms with Gasteiger partial charge >= 0.3 is 0 Å². The van der Waals surface area contributed by atoms with Gasteiger partial charge in [0.2, 0.25) is 5.95 Å². The Morgan fingerprint density at radius 1 is 0.957 bits per heavy atom. The van der Waals surface area contributed by atoms with Crippen LogP contribution in [0.15, 0.2) is 67.1 Å². The Hall–Kier alpha value is -2.92. The second kappa shape index (κ2) is 5.70. The van der Waals surface area contributed by atoms with Gasteiger partial charge in [0.05, 0.1) is 28.3 Å². The maximum atomic E-state index is 6.16. The van der Waals surface area contributed by atoms with Crippen molar-refractivity contribution in [1.29, 1.82) is 0 Å². The van der Waals surface area contributed by atoms with Gasteiger partial charge in [-0.3, -0.25) is 4.40 Å². The van der Waals surface area contributed by atoms with E-state index in [4.69, 9.17) is 11.6 Å². The van der Waals surface area contributed by atoms with Crippen LogP contribution < -0.4 is 5.32 Å². The summed E-state index contributed by atoms with van der Waals surface area (Å²) in [6.45, 7) is 0. The number of anilines is 2. The maximum absolute atomic E-state index is 6.16. The SMILES string of the molecule is Clc1ccccc1Nc1nccc(-c2cnc3ccccn23)n1. The number of nitrogens with zero attached hydrogens (tertiary/aromatic N) is 4. The summed E-state index contributed by atoms with van der Waals surface area (Å²) in [7, 11) is 0. The van der Waals surface area contributed by atoms with Crippen LogP contribution in [0.5, 0.6) is 0 Å². The van der Waals surface area contributed by atoms with Gasteiger partial charge in [-0.15, -0.1) is 0 Å². The Kier molecular flexibility index (Phi) is 3.40. The van der Waals surface area contributed by atoms with E-state index in [1.807, 2.05) is 59.1 Å². The number of fused-ring (bicyclic) bond motifs is 1. The summed E-state index contributed by atoms with van der Waals surface area (Å²) in [5, 5.41) is 3.76. The first-order valence-electron chi connectivity index (χ1n) is 7.08. The van der Waals surface area contributed by atoms with Crippen molar-refractivity contribution in [2.75, 3.05) is 5.32 Å². The molecule has 1 N–H and O–H groups in total. The summed E-state index contributed by atoms with van der Waals surface area (Å²) in [5.41, 5.74) is 3.34. The van der Waals surface area contributed by atoms with Crippen LogP contribution in [-0.4, -0.2) is 19.4 Å². The van der Waals surface area contributed by atoms with Crippen LogP contribution in [0.1, 0.15) is 0 Å². The van der Waals surface area contributed by atoms with Crippen molar-refractivity contribution in [1.82, 2.24) is 19.4 Å². The van der Waals surface area contributed by atoms with Gasteiger partial charge in [0.1, 0.15) is 5.65 Å². The summed E-state index contributed by atoms with van der Waals surface area (Å²) in [4.78, 5) is 13.2. The van der Waals surface area contributed by atoms with Gasteiger partial charge < -0.3 is 5.32 Å². The lowest BCUT2D eigenvalue weighted by Gasteiger charge is -2.07. The first-order chi connectivity index (χ1) is 11.3. The van der Waals surface area contributed by atoms with Gasteiger partial charge in [-0.25, -0.2) is 15.0 Å². The van der Waals surface area contributed by atoms with E-state index < -0.39 is 0 Å². The van der Waals surface area contributed by atoms with Gasteiger partial charge in [0, 0.05) is 12.4 Å². The van der Waals surface area contributed by atoms with Gasteiger partial charge in [-0.05, 0) is 30.3 Å². The molecule has 1 aromatic carbocycles. The lowest BCUT2D eigenvalue weighted by molar-refractivity contribution is 1.13. The number of rotatable bonds is 3. The van der Waals surface area contributed by atoms with E-state index in [2.05, 4.69) is 20.3 Å². The topological polar surface area (TPSA) is 55.1 Å². The van der Waals surface area contributed by atoms with Crippen molar-refractivity contribution in [2.24, 2.45) is 0 Å². The van der Waals surface area contributed by atoms with Crippen molar-refractivity contribution in [2.45, 2.75) is 0 Å². The molecule has 112 valence electrons. The molecular formula is C17H12ClN5. The van der Waals surface area contributed by atoms with Gasteiger partial charge in [-0.1, -0.05) is 29.8 Å². The molecule has 5 nitrogen and oxygen atoms in total. The second-order valence-corrected chi connectivity index (χ2v) is 5.35. The Morgan fingerprint density at radius 3 is 2.74 bits per heavy atom. The molecule has 0 bridgehead atoms. The number of hydrogen-bond donors (Lipinski definition) is 1. The van der Waals surface area contributed by atoms with Gasteiger partial charge in [-0.2, -0.15) is 0 Å². The summed E-state index contributed by atoms with van der Waals surface area (Å²) >= 11 is 6.16. The first kappa shape index (κ1) is 13.7. The largest absolute Gasteiger partial charge is 0.323 e. The van der Waals surface area contributed by atoms with Crippen molar-refractivity contribution < 1.29 is 0 Å². The fraction of sp³-hybridized carbons (Fsp3) is 0. The molecule has 0 fully saturated rings. The fourth-order valence-corrected chi connectivity index (χ4v) is 2.55. The average molecular weight is 322 g/mol. The van der Waals surface area contributed by atoms with Crippen LogP contribution in [0.4, 0.5) is 11.6 Å². The average Bonchev–Trinajstić information content (AvgIpc) is 3.01. The predicted molar refractivity (Wildman–Crippen MR) is 91.0 cm³/mol. The molecule has 23 heavy (non-hydrogen) atoms. The molecule has 0 unspecified atom stereocenters. The Labute approximate surface area is 137 Å². The molecular weight excluding hydrogens is 310 g/mol. The highest BCUT2D eigenvalue weighted by atomic mass is 35.5. The highest BCUT2D eigenvalue weighted by molar-refractivity contribution is 6.33. The normalized spacial score (nSPS) is 10.8. The standard InChI is InChI=1S/C17H12ClN5/c18-12-5-1-2-6-13(12)21-17-19-9-8-14(22-17)15-11-20-16-7-3-4-10-23(15)16/h1-11H,(H,19,21,22). The quantitative estimate of drug-likeness (QED) is 0.614. The molecule has 0 aliphatic carbocycles. The third-order valence-electron chi connectivity index (χ3n) is 3.46. The molecule has 4 aromatic rings. The van der Waals surface area contributed by atoms with E-state index in [0.29, 0.717) is 11.0 Å². The minimum atomic E-state index is 0.487. The van der Waals surface area contributed by atoms with E-state index >= 15 is 0 Å². The first-order valence-corrected chi connectivity index (χ1v) is 7.46. The molecule has 3 aromatic heterocycles. The number of hydrogen-bond acceptors (Lipinski definition) is 4. The monoisotopic (exact) mass is 321 g/mol. The van der Waals surface area contributed by atoms with Gasteiger partial charge in [0.15, 0.2) is 0 Å². The summed E-state index contributed by atoms with van der Waals surface area (Å²) in [5.74, 6) is 0.487. The predicted octanol–water partition coefficient (Wildman–Crippen LogP) is 4.19. The van der Waals surface area contributed by atoms with E-state index in [1.54, 1.807) is 12.4 Å². The zero-order chi connectivity index (χ0) is 15.6. The zero-order valence-electron chi connectivity index (χ0n) is 12.0. The number of pyridine rings is 1. The number of para-hydroxylation sites is 1. The fourth-order valence-electron chi connectivity index (χ4n) is 2.37. The zero-order valence-corrected chi connectivity index (χ0v) is 12.8. The number of benzene rings is 1. The third kappa shape index (κ3) is 2.62. The van der Waals surface area contributed by atoms with Crippen LogP contribution >= 0.6 is 11.6 Å². The third-order valence-corrected chi connectivity index (χ3v) is 3.78. The van der Waals surface area contributed by atoms with Crippen molar-refractivity contribution in [3.8, 4) is 11.4 Å². The number of aromatic nitrogens is 4. The molecule has 0 atom stereocenters. The molecule has 0 saturated heterocycles. The van der Waals surface area contributed by atoms with Crippen molar-refractivity contribution >= 4 is 28.9 Å². The second-order valence-electron chi connectivity index (χ2n) is 4.94. The van der Waals surface area contributed by atoms with Gasteiger partial charge in [0.25, 0.3) is 0 Å². The Balaban J connectivity index is 1.73. The molecule has 6 heteroatoms. The highest BCUT2D eigenvalue weighted by Gasteiger charge is 2.09. The summed E-state index contributed by atoms with van der Waals surface area (Å²) in [6, 6.07) is 15.2. The van der Waals surface area contributed by atoms with E-state index in [0.717, 1.165) is 22.7 Å². The number of imidazole rings is 1. The smallest absolute Gasteiger partial charge is 0.227 e. The molecule has 0 aliphatic heterocycles. The van der Waals surface area contributed by atoms with Crippen LogP contribution in [0.2, 0.25) is 5.02 Å². The molecule has 3 heterocycles. The lowest BCUT2D eigenvalue weighted by Crippen LogP contribution is -1.99. The Bertz CT molecular complexity index is 979. The maximum Gasteiger partial charge on any atom is 0.227 e. The van der Waals surface area contributed by atoms with Crippen LogP contribution in [-0.2, 0) is 0 Å². The number of nitrogens with one attached hydrogen (secondary N) is 1. The van der Waals surface area contributed by atoms with Crippen LogP contribution in [0, 0.1) is 0 Å². The molecule has 4 rings (SSSR count). The molecule has 0 spiro atoms.